The first-order valence-electron chi connectivity index (χ1n) is 4.10. The van der Waals surface area contributed by atoms with Crippen LogP contribution in [0.4, 0.5) is 5.69 Å². The highest BCUT2D eigenvalue weighted by Crippen LogP contribution is 2.39. The van der Waals surface area contributed by atoms with Crippen LogP contribution in [0.15, 0.2) is 6.07 Å². The van der Waals surface area contributed by atoms with Gasteiger partial charge in [-0.15, -0.1) is 0 Å². The number of rotatable bonds is 0. The molecule has 0 aromatic heterocycles. The molecule has 0 atom stereocenters. The Morgan fingerprint density at radius 2 is 1.92 bits per heavy atom. The van der Waals surface area contributed by atoms with E-state index in [0.29, 0.717) is 15.1 Å². The molecule has 0 bridgehead atoms. The van der Waals surface area contributed by atoms with Crippen LogP contribution < -0.4 is 5.32 Å². The Labute approximate surface area is 92.0 Å². The summed E-state index contributed by atoms with van der Waals surface area (Å²) in [6.07, 6.45) is 2.02. The van der Waals surface area contributed by atoms with Crippen LogP contribution in [0.3, 0.4) is 0 Å². The van der Waals surface area contributed by atoms with Gasteiger partial charge in [-0.2, -0.15) is 0 Å². The van der Waals surface area contributed by atoms with Gasteiger partial charge in [0.05, 0.1) is 20.8 Å². The Bertz CT molecular complexity index is 349. The minimum Gasteiger partial charge on any atom is -0.384 e. The lowest BCUT2D eigenvalue weighted by molar-refractivity contribution is 0.830. The third-order valence-electron chi connectivity index (χ3n) is 2.17. The Kier molecular flexibility index (Phi) is 2.59. The molecule has 2 rings (SSSR count). The van der Waals surface area contributed by atoms with E-state index in [2.05, 4.69) is 5.32 Å². The number of anilines is 1. The SMILES string of the molecule is Clc1cc(Cl)c2c(c1Cl)CCCN2. The summed E-state index contributed by atoms with van der Waals surface area (Å²) in [6.45, 7) is 0.949. The van der Waals surface area contributed by atoms with Crippen molar-refractivity contribution >= 4 is 40.5 Å². The number of hydrogen-bond donors (Lipinski definition) is 1. The molecular formula is C9H8Cl3N. The van der Waals surface area contributed by atoms with Gasteiger partial charge < -0.3 is 5.32 Å². The van der Waals surface area contributed by atoms with Gasteiger partial charge in [0.2, 0.25) is 0 Å². The van der Waals surface area contributed by atoms with Crippen LogP contribution in [-0.2, 0) is 6.42 Å². The largest absolute Gasteiger partial charge is 0.384 e. The maximum atomic E-state index is 6.05. The molecule has 0 aliphatic carbocycles. The van der Waals surface area contributed by atoms with E-state index in [1.54, 1.807) is 6.07 Å². The Hall–Kier alpha value is -0.110. The minimum atomic E-state index is 0.536. The quantitative estimate of drug-likeness (QED) is 0.671. The number of hydrogen-bond acceptors (Lipinski definition) is 1. The van der Waals surface area contributed by atoms with Crippen molar-refractivity contribution in [2.45, 2.75) is 12.8 Å². The first-order chi connectivity index (χ1) is 6.20. The molecule has 1 aromatic carbocycles. The number of benzene rings is 1. The fourth-order valence-electron chi connectivity index (χ4n) is 1.55. The van der Waals surface area contributed by atoms with Crippen molar-refractivity contribution in [2.24, 2.45) is 0 Å². The number of nitrogens with one attached hydrogen (secondary N) is 1. The van der Waals surface area contributed by atoms with Gasteiger partial charge >= 0.3 is 0 Å². The first kappa shape index (κ1) is 9.45. The first-order valence-corrected chi connectivity index (χ1v) is 5.24. The van der Waals surface area contributed by atoms with Crippen LogP contribution >= 0.6 is 34.8 Å². The zero-order valence-corrected chi connectivity index (χ0v) is 9.10. The molecule has 1 aliphatic heterocycles. The maximum Gasteiger partial charge on any atom is 0.0656 e. The molecule has 0 radical (unpaired) electrons. The monoisotopic (exact) mass is 235 g/mol. The summed E-state index contributed by atoms with van der Waals surface area (Å²) >= 11 is 18.0. The van der Waals surface area contributed by atoms with Gasteiger partial charge in [0.15, 0.2) is 0 Å². The molecule has 0 saturated carbocycles. The van der Waals surface area contributed by atoms with Gasteiger partial charge in [0.1, 0.15) is 0 Å². The van der Waals surface area contributed by atoms with Crippen molar-refractivity contribution in [3.63, 3.8) is 0 Å². The maximum absolute atomic E-state index is 6.05. The molecule has 1 nitrogen and oxygen atoms in total. The van der Waals surface area contributed by atoms with Crippen molar-refractivity contribution in [1.29, 1.82) is 0 Å². The predicted molar refractivity (Wildman–Crippen MR) is 58.3 cm³/mol. The molecule has 0 unspecified atom stereocenters. The van der Waals surface area contributed by atoms with E-state index in [0.717, 1.165) is 30.6 Å². The highest BCUT2D eigenvalue weighted by molar-refractivity contribution is 6.44. The van der Waals surface area contributed by atoms with Crippen LogP contribution in [0, 0.1) is 0 Å². The lowest BCUT2D eigenvalue weighted by Crippen LogP contribution is -2.12. The Morgan fingerprint density at radius 3 is 2.69 bits per heavy atom. The molecular weight excluding hydrogens is 228 g/mol. The molecule has 70 valence electrons. The van der Waals surface area contributed by atoms with E-state index in [1.807, 2.05) is 0 Å². The highest BCUT2D eigenvalue weighted by atomic mass is 35.5. The second kappa shape index (κ2) is 3.56. The van der Waals surface area contributed by atoms with E-state index < -0.39 is 0 Å². The van der Waals surface area contributed by atoms with Gasteiger partial charge in [0.25, 0.3) is 0 Å². The molecule has 0 saturated heterocycles. The lowest BCUT2D eigenvalue weighted by atomic mass is 10.0. The van der Waals surface area contributed by atoms with Crippen LogP contribution in [0.1, 0.15) is 12.0 Å². The van der Waals surface area contributed by atoms with Crippen molar-refractivity contribution in [3.8, 4) is 0 Å². The van der Waals surface area contributed by atoms with E-state index in [-0.39, 0.29) is 0 Å². The number of fused-ring (bicyclic) bond motifs is 1. The third kappa shape index (κ3) is 1.61. The molecule has 13 heavy (non-hydrogen) atoms. The van der Waals surface area contributed by atoms with Crippen molar-refractivity contribution in [1.82, 2.24) is 0 Å². The lowest BCUT2D eigenvalue weighted by Gasteiger charge is -2.20. The second-order valence-corrected chi connectivity index (χ2v) is 4.23. The normalized spacial score (nSPS) is 15.0. The zero-order chi connectivity index (χ0) is 9.42. The Morgan fingerprint density at radius 1 is 1.15 bits per heavy atom. The molecule has 1 aromatic rings. The van der Waals surface area contributed by atoms with Gasteiger partial charge in [-0.05, 0) is 24.5 Å². The van der Waals surface area contributed by atoms with Crippen LogP contribution in [0.5, 0.6) is 0 Å². The van der Waals surface area contributed by atoms with Crippen LogP contribution in [0.25, 0.3) is 0 Å². The third-order valence-corrected chi connectivity index (χ3v) is 3.30. The average molecular weight is 237 g/mol. The second-order valence-electron chi connectivity index (χ2n) is 3.04. The summed E-state index contributed by atoms with van der Waals surface area (Å²) in [6, 6.07) is 1.68. The van der Waals surface area contributed by atoms with Gasteiger partial charge in [-0.25, -0.2) is 0 Å². The van der Waals surface area contributed by atoms with Crippen molar-refractivity contribution in [3.05, 3.63) is 26.7 Å². The van der Waals surface area contributed by atoms with E-state index in [1.165, 1.54) is 0 Å². The smallest absolute Gasteiger partial charge is 0.0656 e. The molecule has 4 heteroatoms. The topological polar surface area (TPSA) is 12.0 Å². The van der Waals surface area contributed by atoms with Crippen molar-refractivity contribution in [2.75, 3.05) is 11.9 Å². The molecule has 1 heterocycles. The van der Waals surface area contributed by atoms with E-state index in [4.69, 9.17) is 34.8 Å². The molecule has 0 fully saturated rings. The van der Waals surface area contributed by atoms with E-state index in [9.17, 15) is 0 Å². The fraction of sp³-hybridized carbons (Fsp3) is 0.333. The van der Waals surface area contributed by atoms with Gasteiger partial charge in [-0.3, -0.25) is 0 Å². The summed E-state index contributed by atoms with van der Waals surface area (Å²) in [7, 11) is 0. The highest BCUT2D eigenvalue weighted by Gasteiger charge is 2.17. The van der Waals surface area contributed by atoms with Crippen molar-refractivity contribution < 1.29 is 0 Å². The molecule has 0 spiro atoms. The summed E-state index contributed by atoms with van der Waals surface area (Å²) in [5.74, 6) is 0. The molecule has 0 amide bonds. The summed E-state index contributed by atoms with van der Waals surface area (Å²) in [5.41, 5.74) is 1.99. The summed E-state index contributed by atoms with van der Waals surface area (Å²) < 4.78 is 0. The predicted octanol–water partition coefficient (Wildman–Crippen LogP) is 4.00. The standard InChI is InChI=1S/C9H8Cl3N/c10-6-4-7(11)9-5(8(6)12)2-1-3-13-9/h4,13H,1-3H2. The van der Waals surface area contributed by atoms with Crippen LogP contribution in [-0.4, -0.2) is 6.54 Å². The average Bonchev–Trinajstić information content (AvgIpc) is 2.15. The summed E-state index contributed by atoms with van der Waals surface area (Å²) in [5, 5.41) is 5.05. The van der Waals surface area contributed by atoms with E-state index >= 15 is 0 Å². The molecule has 1 N–H and O–H groups in total. The molecule has 1 aliphatic rings. The van der Waals surface area contributed by atoms with Gasteiger partial charge in [-0.1, -0.05) is 34.8 Å². The summed E-state index contributed by atoms with van der Waals surface area (Å²) in [4.78, 5) is 0. The van der Waals surface area contributed by atoms with Gasteiger partial charge in [0, 0.05) is 6.54 Å². The number of halogens is 3. The zero-order valence-electron chi connectivity index (χ0n) is 6.83. The Balaban J connectivity index is 2.63. The fourth-order valence-corrected chi connectivity index (χ4v) is 2.36. The minimum absolute atomic E-state index is 0.536. The van der Waals surface area contributed by atoms with Crippen LogP contribution in [0.2, 0.25) is 15.1 Å².